The molecule has 0 unspecified atom stereocenters. The number of ether oxygens (including phenoxy) is 2. The summed E-state index contributed by atoms with van der Waals surface area (Å²) < 4.78 is 11.6. The molecular formula is C12H11ClN2O2S. The van der Waals surface area contributed by atoms with Gasteiger partial charge in [0.05, 0.1) is 18.6 Å². The molecule has 2 aliphatic rings. The minimum atomic E-state index is -0.395. The standard InChI is InChI=1S/C12H11ClN2O2S/c13-10-9-7-1-2-12(16-3-4-17-12)5-8(7)18-11(9)15-6-14-10/h6H,1-5H2. The molecule has 18 heavy (non-hydrogen) atoms. The second-order valence-corrected chi connectivity index (χ2v) is 6.07. The van der Waals surface area contributed by atoms with E-state index in [0.29, 0.717) is 18.4 Å². The Morgan fingerprint density at radius 2 is 2.11 bits per heavy atom. The Kier molecular flexibility index (Phi) is 2.39. The van der Waals surface area contributed by atoms with E-state index in [-0.39, 0.29) is 0 Å². The van der Waals surface area contributed by atoms with E-state index in [0.717, 1.165) is 29.5 Å². The SMILES string of the molecule is Clc1ncnc2sc3c(c12)CCC1(C3)OCCO1. The summed E-state index contributed by atoms with van der Waals surface area (Å²) in [6.07, 6.45) is 4.13. The quantitative estimate of drug-likeness (QED) is 0.697. The van der Waals surface area contributed by atoms with E-state index < -0.39 is 5.79 Å². The van der Waals surface area contributed by atoms with Crippen molar-refractivity contribution in [3.63, 3.8) is 0 Å². The highest BCUT2D eigenvalue weighted by atomic mass is 35.5. The predicted octanol–water partition coefficient (Wildman–Crippen LogP) is 2.58. The minimum Gasteiger partial charge on any atom is -0.347 e. The van der Waals surface area contributed by atoms with Crippen molar-refractivity contribution in [3.8, 4) is 0 Å². The summed E-state index contributed by atoms with van der Waals surface area (Å²) in [6.45, 7) is 1.39. The van der Waals surface area contributed by atoms with Crippen molar-refractivity contribution in [2.24, 2.45) is 0 Å². The first-order chi connectivity index (χ1) is 8.77. The van der Waals surface area contributed by atoms with E-state index in [9.17, 15) is 0 Å². The number of rotatable bonds is 0. The molecule has 1 aliphatic heterocycles. The molecule has 3 heterocycles. The summed E-state index contributed by atoms with van der Waals surface area (Å²) in [5.74, 6) is -0.395. The number of aryl methyl sites for hydroxylation is 1. The molecule has 0 N–H and O–H groups in total. The first-order valence-corrected chi connectivity index (χ1v) is 7.16. The molecule has 1 fully saturated rings. The molecule has 6 heteroatoms. The van der Waals surface area contributed by atoms with Gasteiger partial charge in [0, 0.05) is 17.7 Å². The first-order valence-electron chi connectivity index (χ1n) is 5.96. The zero-order valence-electron chi connectivity index (χ0n) is 9.61. The summed E-state index contributed by atoms with van der Waals surface area (Å²) in [5, 5.41) is 1.58. The molecule has 2 aromatic rings. The van der Waals surface area contributed by atoms with Gasteiger partial charge in [-0.05, 0) is 12.0 Å². The summed E-state index contributed by atoms with van der Waals surface area (Å²) in [4.78, 5) is 10.6. The lowest BCUT2D eigenvalue weighted by Gasteiger charge is -2.31. The molecule has 2 aromatic heterocycles. The Morgan fingerprint density at radius 3 is 2.94 bits per heavy atom. The van der Waals surface area contributed by atoms with Gasteiger partial charge in [-0.3, -0.25) is 0 Å². The van der Waals surface area contributed by atoms with E-state index in [4.69, 9.17) is 21.1 Å². The monoisotopic (exact) mass is 282 g/mol. The molecule has 4 rings (SSSR count). The van der Waals surface area contributed by atoms with Gasteiger partial charge < -0.3 is 9.47 Å². The van der Waals surface area contributed by atoms with Gasteiger partial charge in [-0.2, -0.15) is 0 Å². The second-order valence-electron chi connectivity index (χ2n) is 4.63. The molecular weight excluding hydrogens is 272 g/mol. The van der Waals surface area contributed by atoms with Gasteiger partial charge in [-0.25, -0.2) is 9.97 Å². The van der Waals surface area contributed by atoms with Gasteiger partial charge in [-0.15, -0.1) is 11.3 Å². The maximum atomic E-state index is 6.18. The predicted molar refractivity (Wildman–Crippen MR) is 69.1 cm³/mol. The van der Waals surface area contributed by atoms with Crippen LogP contribution < -0.4 is 0 Å². The maximum absolute atomic E-state index is 6.18. The molecule has 0 amide bonds. The van der Waals surface area contributed by atoms with Crippen LogP contribution in [0.3, 0.4) is 0 Å². The molecule has 0 saturated carbocycles. The van der Waals surface area contributed by atoms with Crippen molar-refractivity contribution >= 4 is 33.2 Å². The third-order valence-electron chi connectivity index (χ3n) is 3.62. The Balaban J connectivity index is 1.86. The highest BCUT2D eigenvalue weighted by Gasteiger charge is 2.41. The molecule has 1 saturated heterocycles. The smallest absolute Gasteiger partial charge is 0.173 e. The van der Waals surface area contributed by atoms with Crippen LogP contribution in [0.2, 0.25) is 5.15 Å². The Morgan fingerprint density at radius 1 is 1.28 bits per heavy atom. The fraction of sp³-hybridized carbons (Fsp3) is 0.500. The summed E-state index contributed by atoms with van der Waals surface area (Å²) in [5.41, 5.74) is 1.28. The van der Waals surface area contributed by atoms with Crippen molar-refractivity contribution in [2.45, 2.75) is 25.0 Å². The molecule has 1 spiro atoms. The zero-order valence-corrected chi connectivity index (χ0v) is 11.2. The molecule has 4 nitrogen and oxygen atoms in total. The van der Waals surface area contributed by atoms with Crippen LogP contribution in [0, 0.1) is 0 Å². The zero-order chi connectivity index (χ0) is 12.2. The topological polar surface area (TPSA) is 44.2 Å². The number of nitrogens with zero attached hydrogens (tertiary/aromatic N) is 2. The van der Waals surface area contributed by atoms with Crippen LogP contribution in [0.5, 0.6) is 0 Å². The van der Waals surface area contributed by atoms with Gasteiger partial charge in [-0.1, -0.05) is 11.6 Å². The Bertz CT molecular complexity index is 622. The van der Waals surface area contributed by atoms with Crippen LogP contribution in [-0.4, -0.2) is 29.0 Å². The molecule has 0 aromatic carbocycles. The fourth-order valence-corrected chi connectivity index (χ4v) is 4.37. The lowest BCUT2D eigenvalue weighted by Crippen LogP contribution is -2.36. The van der Waals surface area contributed by atoms with Crippen LogP contribution in [0.4, 0.5) is 0 Å². The lowest BCUT2D eigenvalue weighted by atomic mass is 9.92. The number of thiophene rings is 1. The van der Waals surface area contributed by atoms with Crippen LogP contribution in [0.25, 0.3) is 10.2 Å². The van der Waals surface area contributed by atoms with Crippen molar-refractivity contribution < 1.29 is 9.47 Å². The Hall–Kier alpha value is -0.750. The van der Waals surface area contributed by atoms with Gasteiger partial charge in [0.1, 0.15) is 16.3 Å². The van der Waals surface area contributed by atoms with Gasteiger partial charge in [0.2, 0.25) is 0 Å². The number of aromatic nitrogens is 2. The fourth-order valence-electron chi connectivity index (χ4n) is 2.80. The highest BCUT2D eigenvalue weighted by molar-refractivity contribution is 7.19. The van der Waals surface area contributed by atoms with Crippen molar-refractivity contribution in [2.75, 3.05) is 13.2 Å². The number of hydrogen-bond donors (Lipinski definition) is 0. The maximum Gasteiger partial charge on any atom is 0.173 e. The van der Waals surface area contributed by atoms with Crippen LogP contribution in [0.15, 0.2) is 6.33 Å². The molecule has 0 atom stereocenters. The summed E-state index contributed by atoms with van der Waals surface area (Å²) >= 11 is 7.86. The van der Waals surface area contributed by atoms with Crippen molar-refractivity contribution in [1.82, 2.24) is 9.97 Å². The molecule has 1 aliphatic carbocycles. The van der Waals surface area contributed by atoms with Gasteiger partial charge in [0.25, 0.3) is 0 Å². The van der Waals surface area contributed by atoms with E-state index in [1.54, 1.807) is 11.3 Å². The van der Waals surface area contributed by atoms with E-state index in [1.165, 1.54) is 16.8 Å². The van der Waals surface area contributed by atoms with Gasteiger partial charge >= 0.3 is 0 Å². The summed E-state index contributed by atoms with van der Waals surface area (Å²) in [6, 6.07) is 0. The lowest BCUT2D eigenvalue weighted by molar-refractivity contribution is -0.163. The highest BCUT2D eigenvalue weighted by Crippen LogP contribution is 2.43. The van der Waals surface area contributed by atoms with Crippen molar-refractivity contribution in [1.29, 1.82) is 0 Å². The van der Waals surface area contributed by atoms with Crippen LogP contribution in [0.1, 0.15) is 16.9 Å². The minimum absolute atomic E-state index is 0.395. The second kappa shape index (κ2) is 3.87. The number of fused-ring (bicyclic) bond motifs is 3. The third-order valence-corrected chi connectivity index (χ3v) is 5.05. The number of halogens is 1. The van der Waals surface area contributed by atoms with Crippen LogP contribution in [-0.2, 0) is 22.3 Å². The summed E-state index contributed by atoms with van der Waals surface area (Å²) in [7, 11) is 0. The number of hydrogen-bond acceptors (Lipinski definition) is 5. The third kappa shape index (κ3) is 1.51. The van der Waals surface area contributed by atoms with Crippen molar-refractivity contribution in [3.05, 3.63) is 21.9 Å². The van der Waals surface area contributed by atoms with E-state index >= 15 is 0 Å². The van der Waals surface area contributed by atoms with E-state index in [2.05, 4.69) is 9.97 Å². The van der Waals surface area contributed by atoms with Crippen LogP contribution >= 0.6 is 22.9 Å². The first kappa shape index (κ1) is 11.1. The average Bonchev–Trinajstić information content (AvgIpc) is 2.94. The molecule has 0 radical (unpaired) electrons. The average molecular weight is 283 g/mol. The molecule has 0 bridgehead atoms. The van der Waals surface area contributed by atoms with Gasteiger partial charge in [0.15, 0.2) is 5.79 Å². The Labute approximate surface area is 113 Å². The van der Waals surface area contributed by atoms with E-state index in [1.807, 2.05) is 0 Å². The largest absolute Gasteiger partial charge is 0.347 e. The normalized spacial score (nSPS) is 21.6. The molecule has 94 valence electrons.